The Balaban J connectivity index is 1.80. The van der Waals surface area contributed by atoms with E-state index >= 15 is 0 Å². The summed E-state index contributed by atoms with van der Waals surface area (Å²) in [5.74, 6) is 0.507. The minimum Gasteiger partial charge on any atom is -0.444 e. The fraction of sp³-hybridized carbons (Fsp3) is 0.556. The van der Waals surface area contributed by atoms with Gasteiger partial charge in [-0.3, -0.25) is 0 Å². The van der Waals surface area contributed by atoms with Crippen molar-refractivity contribution in [3.63, 3.8) is 0 Å². The van der Waals surface area contributed by atoms with Crippen LogP contribution in [0.3, 0.4) is 0 Å². The van der Waals surface area contributed by atoms with Crippen molar-refractivity contribution >= 4 is 28.6 Å². The van der Waals surface area contributed by atoms with Crippen molar-refractivity contribution in [2.24, 2.45) is 0 Å². The topological polar surface area (TPSA) is 91.8 Å². The molecule has 0 aromatic heterocycles. The molecule has 2 aromatic rings. The van der Waals surface area contributed by atoms with E-state index in [1.54, 1.807) is 27.8 Å². The van der Waals surface area contributed by atoms with Gasteiger partial charge in [-0.25, -0.2) is 9.59 Å². The van der Waals surface area contributed by atoms with Gasteiger partial charge in [-0.2, -0.15) is 0 Å². The summed E-state index contributed by atoms with van der Waals surface area (Å²) in [7, 11) is 3.67. The van der Waals surface area contributed by atoms with Gasteiger partial charge in [-0.15, -0.1) is 0 Å². The van der Waals surface area contributed by atoms with Gasteiger partial charge in [0.05, 0.1) is 19.8 Å². The first kappa shape index (κ1) is 27.5. The highest BCUT2D eigenvalue weighted by Crippen LogP contribution is 2.41. The second-order valence-electron chi connectivity index (χ2n) is 10.1. The summed E-state index contributed by atoms with van der Waals surface area (Å²) in [6.07, 6.45) is -0.0358. The van der Waals surface area contributed by atoms with Crippen molar-refractivity contribution in [1.82, 2.24) is 9.80 Å². The van der Waals surface area contributed by atoms with Gasteiger partial charge in [-0.05, 0) is 50.6 Å². The molecule has 0 fully saturated rings. The molecule has 1 aliphatic rings. The molecule has 0 unspecified atom stereocenters. The molecule has 1 aliphatic heterocycles. The Morgan fingerprint density at radius 3 is 2.56 bits per heavy atom. The average Bonchev–Trinajstić information content (AvgIpc) is 3.17. The number of carbonyl (C=O) groups excluding carboxylic acids is 2. The number of hydrogen-bond acceptors (Lipinski definition) is 7. The number of likely N-dealkylation sites (N-methyl/N-ethyl adjacent to an activating group) is 2. The number of aliphatic hydroxyl groups is 1. The maximum atomic E-state index is 13.3. The number of nitrogens with zero attached hydrogens (tertiary/aromatic N) is 3. The Labute approximate surface area is 213 Å². The van der Waals surface area contributed by atoms with E-state index in [1.165, 1.54) is 15.4 Å². The molecule has 0 bridgehead atoms. The van der Waals surface area contributed by atoms with Crippen LogP contribution in [-0.4, -0.2) is 92.8 Å². The average molecular weight is 502 g/mol. The van der Waals surface area contributed by atoms with Crippen LogP contribution >= 0.6 is 0 Å². The summed E-state index contributed by atoms with van der Waals surface area (Å²) < 4.78 is 16.8. The summed E-state index contributed by atoms with van der Waals surface area (Å²) in [4.78, 5) is 30.8. The summed E-state index contributed by atoms with van der Waals surface area (Å²) in [5, 5.41) is 11.0. The molecule has 0 radical (unpaired) electrons. The Hall–Kier alpha value is -3.04. The number of aryl methyl sites for hydroxylation is 1. The zero-order valence-electron chi connectivity index (χ0n) is 22.3. The van der Waals surface area contributed by atoms with Crippen LogP contribution in [0.2, 0.25) is 0 Å². The predicted molar refractivity (Wildman–Crippen MR) is 140 cm³/mol. The first-order valence-electron chi connectivity index (χ1n) is 12.4. The Bertz CT molecular complexity index is 1080. The van der Waals surface area contributed by atoms with Crippen LogP contribution in [0.1, 0.15) is 31.9 Å². The molecular formula is C27H39N3O6. The van der Waals surface area contributed by atoms with Crippen molar-refractivity contribution in [3.8, 4) is 5.75 Å². The van der Waals surface area contributed by atoms with E-state index in [9.17, 15) is 9.59 Å². The van der Waals surface area contributed by atoms with E-state index in [2.05, 4.69) is 17.9 Å². The van der Waals surface area contributed by atoms with Gasteiger partial charge >= 0.3 is 12.2 Å². The number of carbonyl (C=O) groups is 2. The third-order valence-electron chi connectivity index (χ3n) is 6.13. The number of aliphatic hydroxyl groups excluding tert-OH is 1. The van der Waals surface area contributed by atoms with Crippen LogP contribution in [0.25, 0.3) is 10.8 Å². The molecular weight excluding hydrogens is 462 g/mol. The van der Waals surface area contributed by atoms with Crippen LogP contribution in [0.4, 0.5) is 15.3 Å². The molecule has 2 amide bonds. The monoisotopic (exact) mass is 501 g/mol. The van der Waals surface area contributed by atoms with E-state index in [1.807, 2.05) is 25.2 Å². The van der Waals surface area contributed by atoms with Gasteiger partial charge in [0.25, 0.3) is 0 Å². The lowest BCUT2D eigenvalue weighted by Crippen LogP contribution is -2.43. The van der Waals surface area contributed by atoms with Crippen molar-refractivity contribution in [1.29, 1.82) is 0 Å². The van der Waals surface area contributed by atoms with E-state index in [0.717, 1.165) is 35.0 Å². The Morgan fingerprint density at radius 2 is 1.86 bits per heavy atom. The number of hydrogen-bond donors (Lipinski definition) is 1. The second kappa shape index (κ2) is 11.8. The van der Waals surface area contributed by atoms with Crippen LogP contribution in [0, 0.1) is 6.92 Å². The van der Waals surface area contributed by atoms with Gasteiger partial charge in [0.1, 0.15) is 11.4 Å². The number of rotatable bonds is 9. The second-order valence-corrected chi connectivity index (χ2v) is 10.1. The lowest BCUT2D eigenvalue weighted by molar-refractivity contribution is 0.0273. The maximum absolute atomic E-state index is 13.3. The van der Waals surface area contributed by atoms with E-state index in [0.29, 0.717) is 5.75 Å². The van der Waals surface area contributed by atoms with Crippen molar-refractivity contribution in [2.75, 3.05) is 65.0 Å². The molecule has 1 N–H and O–H groups in total. The first-order valence-corrected chi connectivity index (χ1v) is 12.4. The molecule has 198 valence electrons. The quantitative estimate of drug-likeness (QED) is 0.522. The van der Waals surface area contributed by atoms with Gasteiger partial charge in [-0.1, -0.05) is 18.2 Å². The fourth-order valence-corrected chi connectivity index (χ4v) is 4.27. The standard InChI is InChI=1S/C27H39N3O6/c1-19-8-7-9-21-23(18-22-20(24(19)21)10-11-28(22)5)35-26(33)30(14-16-34-17-15-31)13-12-29(6)25(32)36-27(2,3)4/h7-9,18,31H,10-17H2,1-6H3. The number of benzene rings is 2. The summed E-state index contributed by atoms with van der Waals surface area (Å²) in [6, 6.07) is 7.96. The molecule has 3 rings (SSSR count). The lowest BCUT2D eigenvalue weighted by Gasteiger charge is -2.27. The highest BCUT2D eigenvalue weighted by molar-refractivity contribution is 5.99. The number of ether oxygens (including phenoxy) is 3. The highest BCUT2D eigenvalue weighted by Gasteiger charge is 2.25. The lowest BCUT2D eigenvalue weighted by atomic mass is 9.97. The molecule has 1 heterocycles. The molecule has 0 saturated carbocycles. The van der Waals surface area contributed by atoms with Crippen molar-refractivity contribution in [3.05, 3.63) is 35.4 Å². The summed E-state index contributed by atoms with van der Waals surface area (Å²) in [5.41, 5.74) is 2.88. The minimum absolute atomic E-state index is 0.0974. The minimum atomic E-state index is -0.609. The van der Waals surface area contributed by atoms with E-state index in [4.69, 9.17) is 19.3 Å². The number of fused-ring (bicyclic) bond motifs is 3. The van der Waals surface area contributed by atoms with Gasteiger partial charge < -0.3 is 34.0 Å². The SMILES string of the molecule is Cc1cccc2c(OC(=O)N(CCOCCO)CCN(C)C(=O)OC(C)(C)C)cc3c(c12)CCN3C. The van der Waals surface area contributed by atoms with Crippen molar-refractivity contribution < 1.29 is 28.9 Å². The molecule has 0 spiro atoms. The van der Waals surface area contributed by atoms with Crippen LogP contribution < -0.4 is 9.64 Å². The molecule has 2 aromatic carbocycles. The van der Waals surface area contributed by atoms with Gasteiger partial charge in [0.15, 0.2) is 0 Å². The predicted octanol–water partition coefficient (Wildman–Crippen LogP) is 3.82. The van der Waals surface area contributed by atoms with Crippen LogP contribution in [0.15, 0.2) is 24.3 Å². The normalized spacial score (nSPS) is 13.0. The Morgan fingerprint density at radius 1 is 1.11 bits per heavy atom. The van der Waals surface area contributed by atoms with Gasteiger partial charge in [0.2, 0.25) is 0 Å². The van der Waals surface area contributed by atoms with Crippen molar-refractivity contribution in [2.45, 2.75) is 39.7 Å². The largest absolute Gasteiger partial charge is 0.444 e. The molecule has 9 nitrogen and oxygen atoms in total. The molecule has 0 aliphatic carbocycles. The maximum Gasteiger partial charge on any atom is 0.415 e. The van der Waals surface area contributed by atoms with Gasteiger partial charge in [0, 0.05) is 57.4 Å². The molecule has 0 saturated heterocycles. The molecule has 0 atom stereocenters. The van der Waals surface area contributed by atoms with Crippen LogP contribution in [-0.2, 0) is 15.9 Å². The third kappa shape index (κ3) is 6.79. The summed E-state index contributed by atoms with van der Waals surface area (Å²) in [6.45, 7) is 9.48. The highest BCUT2D eigenvalue weighted by atomic mass is 16.6. The van der Waals surface area contributed by atoms with E-state index in [-0.39, 0.29) is 39.5 Å². The smallest absolute Gasteiger partial charge is 0.415 e. The number of anilines is 1. The zero-order chi connectivity index (χ0) is 26.5. The van der Waals surface area contributed by atoms with E-state index < -0.39 is 17.8 Å². The first-order chi connectivity index (χ1) is 17.0. The number of amides is 2. The summed E-state index contributed by atoms with van der Waals surface area (Å²) >= 11 is 0. The molecule has 36 heavy (non-hydrogen) atoms. The fourth-order valence-electron chi connectivity index (χ4n) is 4.27. The molecule has 9 heteroatoms. The Kier molecular flexibility index (Phi) is 9.03. The third-order valence-corrected chi connectivity index (χ3v) is 6.13. The zero-order valence-corrected chi connectivity index (χ0v) is 22.3. The van der Waals surface area contributed by atoms with Crippen LogP contribution in [0.5, 0.6) is 5.75 Å².